The highest BCUT2D eigenvalue weighted by atomic mass is 79.9. The van der Waals surface area contributed by atoms with Gasteiger partial charge in [0.05, 0.1) is 0 Å². The molecule has 0 bridgehead atoms. The van der Waals surface area contributed by atoms with Crippen molar-refractivity contribution in [2.24, 2.45) is 12.8 Å². The molecule has 1 aromatic heterocycles. The normalized spacial score (nSPS) is 12.3. The second kappa shape index (κ2) is 6.04. The van der Waals surface area contributed by atoms with Gasteiger partial charge in [-0.05, 0) is 29.3 Å². The summed E-state index contributed by atoms with van der Waals surface area (Å²) >= 11 is 3.40. The fourth-order valence-electron chi connectivity index (χ4n) is 1.95. The van der Waals surface area contributed by atoms with Crippen LogP contribution in [0.1, 0.15) is 17.2 Å². The molecule has 0 aliphatic carbocycles. The molecule has 1 atom stereocenters. The third-order valence-electron chi connectivity index (χ3n) is 2.87. The van der Waals surface area contributed by atoms with Crippen molar-refractivity contribution in [2.45, 2.75) is 12.6 Å². The fourth-order valence-corrected chi connectivity index (χ4v) is 2.37. The summed E-state index contributed by atoms with van der Waals surface area (Å²) in [6.45, 7) is 0.598. The van der Waals surface area contributed by atoms with E-state index in [1.807, 2.05) is 54.3 Å². The maximum Gasteiger partial charge on any atom is 0.239 e. The van der Waals surface area contributed by atoms with Crippen LogP contribution in [0, 0.1) is 0 Å². The summed E-state index contributed by atoms with van der Waals surface area (Å²) in [7, 11) is 1.96. The van der Waals surface area contributed by atoms with Crippen LogP contribution >= 0.6 is 15.9 Å². The molecule has 0 saturated heterocycles. The van der Waals surface area contributed by atoms with Crippen LogP contribution < -0.4 is 11.1 Å². The lowest BCUT2D eigenvalue weighted by Crippen LogP contribution is -2.33. The highest BCUT2D eigenvalue weighted by molar-refractivity contribution is 9.10. The van der Waals surface area contributed by atoms with Crippen molar-refractivity contribution in [3.05, 3.63) is 58.3 Å². The van der Waals surface area contributed by atoms with E-state index in [0.717, 1.165) is 15.6 Å². The van der Waals surface area contributed by atoms with E-state index in [1.165, 1.54) is 0 Å². The number of nitrogens with one attached hydrogen (secondary N) is 1. The van der Waals surface area contributed by atoms with Crippen LogP contribution in [0.25, 0.3) is 0 Å². The van der Waals surface area contributed by atoms with Crippen molar-refractivity contribution in [1.82, 2.24) is 9.88 Å². The first-order chi connectivity index (χ1) is 9.06. The van der Waals surface area contributed by atoms with Crippen LogP contribution in [0.4, 0.5) is 0 Å². The number of aryl methyl sites for hydroxylation is 1. The van der Waals surface area contributed by atoms with E-state index in [0.29, 0.717) is 6.54 Å². The van der Waals surface area contributed by atoms with Gasteiger partial charge in [-0.3, -0.25) is 10.1 Å². The molecule has 0 saturated carbocycles. The zero-order valence-electron chi connectivity index (χ0n) is 10.6. The molecular weight excluding hydrogens is 306 g/mol. The van der Waals surface area contributed by atoms with Crippen molar-refractivity contribution in [1.29, 1.82) is 0 Å². The number of hydrogen-bond acceptors (Lipinski definition) is 2. The minimum absolute atomic E-state index is 0.381. The molecule has 2 rings (SSSR count). The predicted octanol–water partition coefficient (Wildman–Crippen LogP) is 2.10. The van der Waals surface area contributed by atoms with E-state index in [-0.39, 0.29) is 5.91 Å². The number of carbonyl (C=O) groups excluding carboxylic acids is 1. The second-order valence-corrected chi connectivity index (χ2v) is 5.37. The summed E-state index contributed by atoms with van der Waals surface area (Å²) in [5.74, 6) is -0.381. The lowest BCUT2D eigenvalue weighted by Gasteiger charge is -2.15. The highest BCUT2D eigenvalue weighted by Crippen LogP contribution is 2.18. The van der Waals surface area contributed by atoms with Crippen molar-refractivity contribution in [2.75, 3.05) is 0 Å². The predicted molar refractivity (Wildman–Crippen MR) is 78.3 cm³/mol. The Hall–Kier alpha value is -1.59. The van der Waals surface area contributed by atoms with Crippen LogP contribution in [0.15, 0.2) is 47.2 Å². The van der Waals surface area contributed by atoms with Gasteiger partial charge in [0, 0.05) is 30.5 Å². The Labute approximate surface area is 120 Å². The Kier molecular flexibility index (Phi) is 4.39. The number of amides is 1. The summed E-state index contributed by atoms with van der Waals surface area (Å²) in [5.41, 5.74) is 7.44. The van der Waals surface area contributed by atoms with Crippen LogP contribution in [0.3, 0.4) is 0 Å². The Morgan fingerprint density at radius 3 is 2.84 bits per heavy atom. The van der Waals surface area contributed by atoms with E-state index in [1.54, 1.807) is 0 Å². The first-order valence-corrected chi connectivity index (χ1v) is 6.74. The molecule has 4 nitrogen and oxygen atoms in total. The molecule has 0 aliphatic rings. The standard InChI is InChI=1S/C14H16BrN3O/c1-18-6-5-10(9-18)8-17-13(14(16)19)11-3-2-4-12(15)7-11/h2-7,9,13,17H,8H2,1H3,(H2,16,19)/t13-/m0/s1. The molecule has 100 valence electrons. The zero-order valence-corrected chi connectivity index (χ0v) is 12.2. The number of nitrogens with two attached hydrogens (primary N) is 1. The number of benzene rings is 1. The summed E-state index contributed by atoms with van der Waals surface area (Å²) in [6, 6.07) is 9.10. The molecule has 0 unspecified atom stereocenters. The number of halogens is 1. The first kappa shape index (κ1) is 13.8. The van der Waals surface area contributed by atoms with E-state index >= 15 is 0 Å². The monoisotopic (exact) mass is 321 g/mol. The van der Waals surface area contributed by atoms with Gasteiger partial charge in [0.1, 0.15) is 6.04 Å². The molecule has 5 heteroatoms. The van der Waals surface area contributed by atoms with Crippen LogP contribution in [-0.2, 0) is 18.4 Å². The lowest BCUT2D eigenvalue weighted by molar-refractivity contribution is -0.120. The molecule has 0 fully saturated rings. The third kappa shape index (κ3) is 3.68. The molecular formula is C14H16BrN3O. The fraction of sp³-hybridized carbons (Fsp3) is 0.214. The Morgan fingerprint density at radius 2 is 2.26 bits per heavy atom. The van der Waals surface area contributed by atoms with Gasteiger partial charge in [-0.15, -0.1) is 0 Å². The number of nitrogens with zero attached hydrogens (tertiary/aromatic N) is 1. The Morgan fingerprint density at radius 1 is 1.47 bits per heavy atom. The van der Waals surface area contributed by atoms with Gasteiger partial charge < -0.3 is 10.3 Å². The molecule has 1 heterocycles. The molecule has 3 N–H and O–H groups in total. The molecule has 0 spiro atoms. The van der Waals surface area contributed by atoms with E-state index < -0.39 is 6.04 Å². The van der Waals surface area contributed by atoms with Crippen molar-refractivity contribution in [3.63, 3.8) is 0 Å². The second-order valence-electron chi connectivity index (χ2n) is 4.46. The van der Waals surface area contributed by atoms with Gasteiger partial charge in [0.25, 0.3) is 0 Å². The van der Waals surface area contributed by atoms with Gasteiger partial charge in [-0.1, -0.05) is 28.1 Å². The number of primary amides is 1. The van der Waals surface area contributed by atoms with Crippen molar-refractivity contribution >= 4 is 21.8 Å². The van der Waals surface area contributed by atoms with Crippen LogP contribution in [0.5, 0.6) is 0 Å². The van der Waals surface area contributed by atoms with Gasteiger partial charge in [0.2, 0.25) is 5.91 Å². The van der Waals surface area contributed by atoms with Crippen LogP contribution in [0.2, 0.25) is 0 Å². The minimum Gasteiger partial charge on any atom is -0.368 e. The Balaban J connectivity index is 2.10. The first-order valence-electron chi connectivity index (χ1n) is 5.95. The Bertz CT molecular complexity index is 580. The molecule has 2 aromatic rings. The average Bonchev–Trinajstić information content (AvgIpc) is 2.75. The zero-order chi connectivity index (χ0) is 13.8. The molecule has 1 amide bonds. The lowest BCUT2D eigenvalue weighted by atomic mass is 10.1. The van der Waals surface area contributed by atoms with Crippen LogP contribution in [-0.4, -0.2) is 10.5 Å². The van der Waals surface area contributed by atoms with E-state index in [4.69, 9.17) is 5.73 Å². The molecule has 0 aliphatic heterocycles. The average molecular weight is 322 g/mol. The van der Waals surface area contributed by atoms with Gasteiger partial charge >= 0.3 is 0 Å². The van der Waals surface area contributed by atoms with E-state index in [2.05, 4.69) is 21.2 Å². The largest absolute Gasteiger partial charge is 0.368 e. The maximum atomic E-state index is 11.6. The van der Waals surface area contributed by atoms with Crippen molar-refractivity contribution in [3.8, 4) is 0 Å². The SMILES string of the molecule is Cn1ccc(CN[C@H](C(N)=O)c2cccc(Br)c2)c1. The molecule has 19 heavy (non-hydrogen) atoms. The number of rotatable bonds is 5. The highest BCUT2D eigenvalue weighted by Gasteiger charge is 2.17. The topological polar surface area (TPSA) is 60.1 Å². The summed E-state index contributed by atoms with van der Waals surface area (Å²) in [4.78, 5) is 11.6. The van der Waals surface area contributed by atoms with E-state index in [9.17, 15) is 4.79 Å². The minimum atomic E-state index is -0.488. The number of carbonyl (C=O) groups is 1. The summed E-state index contributed by atoms with van der Waals surface area (Å²) in [6.07, 6.45) is 3.97. The number of aromatic nitrogens is 1. The molecule has 1 aromatic carbocycles. The quantitative estimate of drug-likeness (QED) is 0.886. The summed E-state index contributed by atoms with van der Waals surface area (Å²) < 4.78 is 2.90. The smallest absolute Gasteiger partial charge is 0.239 e. The maximum absolute atomic E-state index is 11.6. The van der Waals surface area contributed by atoms with Crippen molar-refractivity contribution < 1.29 is 4.79 Å². The molecule has 0 radical (unpaired) electrons. The third-order valence-corrected chi connectivity index (χ3v) is 3.36. The van der Waals surface area contributed by atoms with Gasteiger partial charge in [0.15, 0.2) is 0 Å². The van der Waals surface area contributed by atoms with Gasteiger partial charge in [-0.25, -0.2) is 0 Å². The number of hydrogen-bond donors (Lipinski definition) is 2. The van der Waals surface area contributed by atoms with Gasteiger partial charge in [-0.2, -0.15) is 0 Å². The summed E-state index contributed by atoms with van der Waals surface area (Å²) in [5, 5.41) is 3.18.